The third-order valence-electron chi connectivity index (χ3n) is 3.68. The molecule has 1 aliphatic rings. The first-order valence-electron chi connectivity index (χ1n) is 8.15. The number of hydrogen-bond acceptors (Lipinski definition) is 2. The molecule has 0 unspecified atom stereocenters. The molecule has 6 heteroatoms. The summed E-state index contributed by atoms with van der Waals surface area (Å²) in [4.78, 5) is 18.9. The molecule has 23 heavy (non-hydrogen) atoms. The maximum Gasteiger partial charge on any atom is 0.251 e. The van der Waals surface area contributed by atoms with Gasteiger partial charge < -0.3 is 15.5 Å². The van der Waals surface area contributed by atoms with Gasteiger partial charge in [-0.15, -0.1) is 24.0 Å². The first-order chi connectivity index (χ1) is 10.7. The van der Waals surface area contributed by atoms with Crippen LogP contribution < -0.4 is 10.6 Å². The number of nitrogens with zero attached hydrogens (tertiary/aromatic N) is 2. The molecule has 128 valence electrons. The van der Waals surface area contributed by atoms with Gasteiger partial charge in [0.15, 0.2) is 5.96 Å². The summed E-state index contributed by atoms with van der Waals surface area (Å²) in [5, 5.41) is 6.17. The predicted molar refractivity (Wildman–Crippen MR) is 105 cm³/mol. The molecule has 0 spiro atoms. The maximum atomic E-state index is 11.9. The zero-order valence-corrected chi connectivity index (χ0v) is 16.3. The van der Waals surface area contributed by atoms with E-state index >= 15 is 0 Å². The molecule has 0 aliphatic carbocycles. The van der Waals surface area contributed by atoms with Gasteiger partial charge in [0.25, 0.3) is 5.91 Å². The van der Waals surface area contributed by atoms with Gasteiger partial charge >= 0.3 is 0 Å². The van der Waals surface area contributed by atoms with Crippen molar-refractivity contribution in [2.24, 2.45) is 4.99 Å². The van der Waals surface area contributed by atoms with Crippen molar-refractivity contribution in [2.45, 2.75) is 33.2 Å². The number of carbonyl (C=O) groups excluding carboxylic acids is 1. The monoisotopic (exact) mass is 430 g/mol. The van der Waals surface area contributed by atoms with Crippen LogP contribution in [0.25, 0.3) is 0 Å². The van der Waals surface area contributed by atoms with E-state index in [1.54, 1.807) is 0 Å². The van der Waals surface area contributed by atoms with Gasteiger partial charge in [0, 0.05) is 31.7 Å². The third-order valence-corrected chi connectivity index (χ3v) is 3.68. The number of rotatable bonds is 5. The van der Waals surface area contributed by atoms with Crippen molar-refractivity contribution in [3.63, 3.8) is 0 Å². The van der Waals surface area contributed by atoms with Crippen LogP contribution in [0.2, 0.25) is 0 Å². The molecule has 1 heterocycles. The average Bonchev–Trinajstić information content (AvgIpc) is 3.06. The molecule has 1 aromatic rings. The zero-order valence-electron chi connectivity index (χ0n) is 14.0. The smallest absolute Gasteiger partial charge is 0.251 e. The van der Waals surface area contributed by atoms with E-state index in [0.717, 1.165) is 31.2 Å². The highest BCUT2D eigenvalue weighted by molar-refractivity contribution is 14.0. The van der Waals surface area contributed by atoms with Gasteiger partial charge in [-0.1, -0.05) is 12.1 Å². The van der Waals surface area contributed by atoms with Crippen molar-refractivity contribution in [3.05, 3.63) is 35.4 Å². The molecule has 0 atom stereocenters. The number of aliphatic imine (C=N–C) groups is 1. The molecule has 5 nitrogen and oxygen atoms in total. The lowest BCUT2D eigenvalue weighted by atomic mass is 10.1. The average molecular weight is 430 g/mol. The number of halogens is 1. The van der Waals surface area contributed by atoms with E-state index in [4.69, 9.17) is 4.99 Å². The van der Waals surface area contributed by atoms with Gasteiger partial charge in [0.1, 0.15) is 0 Å². The third kappa shape index (κ3) is 6.01. The lowest BCUT2D eigenvalue weighted by Gasteiger charge is -2.20. The fraction of sp³-hybridized carbons (Fsp3) is 0.529. The van der Waals surface area contributed by atoms with Gasteiger partial charge in [0.2, 0.25) is 0 Å². The van der Waals surface area contributed by atoms with Crippen LogP contribution in [0.15, 0.2) is 29.3 Å². The summed E-state index contributed by atoms with van der Waals surface area (Å²) in [6, 6.07) is 7.68. The van der Waals surface area contributed by atoms with E-state index in [-0.39, 0.29) is 29.9 Å². The number of nitrogens with one attached hydrogen (secondary N) is 2. The van der Waals surface area contributed by atoms with E-state index in [1.165, 1.54) is 12.8 Å². The first-order valence-corrected chi connectivity index (χ1v) is 8.15. The van der Waals surface area contributed by atoms with Crippen molar-refractivity contribution >= 4 is 35.8 Å². The summed E-state index contributed by atoms with van der Waals surface area (Å²) in [5.41, 5.74) is 1.75. The summed E-state index contributed by atoms with van der Waals surface area (Å²) < 4.78 is 0. The van der Waals surface area contributed by atoms with E-state index in [9.17, 15) is 4.79 Å². The number of amides is 1. The number of benzene rings is 1. The summed E-state index contributed by atoms with van der Waals surface area (Å²) in [6.07, 6.45) is 2.47. The van der Waals surface area contributed by atoms with Crippen LogP contribution in [0.4, 0.5) is 0 Å². The lowest BCUT2D eigenvalue weighted by Crippen LogP contribution is -2.39. The second kappa shape index (κ2) is 10.5. The molecule has 1 amide bonds. The molecule has 0 radical (unpaired) electrons. The predicted octanol–water partition coefficient (Wildman–Crippen LogP) is 2.62. The van der Waals surface area contributed by atoms with Gasteiger partial charge in [-0.2, -0.15) is 0 Å². The Hall–Kier alpha value is -1.31. The number of hydrogen-bond donors (Lipinski definition) is 2. The van der Waals surface area contributed by atoms with E-state index in [1.807, 2.05) is 31.2 Å². The Labute approximate surface area is 156 Å². The molecule has 2 N–H and O–H groups in total. The minimum atomic E-state index is -0.0280. The Morgan fingerprint density at radius 1 is 1.17 bits per heavy atom. The molecule has 1 fully saturated rings. The minimum Gasteiger partial charge on any atom is -0.357 e. The number of likely N-dealkylation sites (tertiary alicyclic amines) is 1. The van der Waals surface area contributed by atoms with Gasteiger partial charge in [0.05, 0.1) is 6.54 Å². The highest BCUT2D eigenvalue weighted by Gasteiger charge is 2.15. The maximum absolute atomic E-state index is 11.9. The Morgan fingerprint density at radius 3 is 2.52 bits per heavy atom. The highest BCUT2D eigenvalue weighted by Crippen LogP contribution is 2.10. The molecule has 0 bridgehead atoms. The van der Waals surface area contributed by atoms with Crippen molar-refractivity contribution in [3.8, 4) is 0 Å². The summed E-state index contributed by atoms with van der Waals surface area (Å²) in [5.74, 6) is 0.947. The van der Waals surface area contributed by atoms with Crippen molar-refractivity contribution in [2.75, 3.05) is 26.2 Å². The fourth-order valence-corrected chi connectivity index (χ4v) is 2.59. The van der Waals surface area contributed by atoms with Crippen LogP contribution in [0.5, 0.6) is 0 Å². The van der Waals surface area contributed by atoms with Crippen molar-refractivity contribution in [1.29, 1.82) is 0 Å². The second-order valence-electron chi connectivity index (χ2n) is 5.42. The first kappa shape index (κ1) is 19.7. The Balaban J connectivity index is 0.00000264. The number of carbonyl (C=O) groups is 1. The topological polar surface area (TPSA) is 56.7 Å². The lowest BCUT2D eigenvalue weighted by molar-refractivity contribution is 0.0955. The molecule has 1 aliphatic heterocycles. The van der Waals surface area contributed by atoms with Crippen molar-refractivity contribution in [1.82, 2.24) is 15.5 Å². The molecule has 0 aromatic heterocycles. The summed E-state index contributed by atoms with van der Waals surface area (Å²) in [6.45, 7) is 8.25. The zero-order chi connectivity index (χ0) is 15.8. The highest BCUT2D eigenvalue weighted by atomic mass is 127. The van der Waals surface area contributed by atoms with Gasteiger partial charge in [-0.05, 0) is 44.4 Å². The summed E-state index contributed by atoms with van der Waals surface area (Å²) >= 11 is 0. The van der Waals surface area contributed by atoms with E-state index in [0.29, 0.717) is 18.7 Å². The van der Waals surface area contributed by atoms with Gasteiger partial charge in [-0.25, -0.2) is 4.99 Å². The molecular formula is C17H27IN4O. The van der Waals surface area contributed by atoms with Crippen LogP contribution in [0, 0.1) is 0 Å². The van der Waals surface area contributed by atoms with Crippen molar-refractivity contribution < 1.29 is 4.79 Å². The normalized spacial score (nSPS) is 14.3. The molecular weight excluding hydrogens is 403 g/mol. The quantitative estimate of drug-likeness (QED) is 0.429. The molecule has 1 saturated heterocycles. The molecule has 0 saturated carbocycles. The number of guanidine groups is 1. The van der Waals surface area contributed by atoms with E-state index in [2.05, 4.69) is 22.5 Å². The fourth-order valence-electron chi connectivity index (χ4n) is 2.59. The molecule has 1 aromatic carbocycles. The van der Waals surface area contributed by atoms with Crippen LogP contribution >= 0.6 is 24.0 Å². The van der Waals surface area contributed by atoms with Gasteiger partial charge in [-0.3, -0.25) is 4.79 Å². The molecule has 2 rings (SSSR count). The largest absolute Gasteiger partial charge is 0.357 e. The SMILES string of the molecule is CCNC(=O)c1cccc(CN=C(NCC)N2CCCC2)c1.I. The van der Waals surface area contributed by atoms with Crippen LogP contribution in [0.1, 0.15) is 42.6 Å². The summed E-state index contributed by atoms with van der Waals surface area (Å²) in [7, 11) is 0. The minimum absolute atomic E-state index is 0. The Bertz CT molecular complexity index is 527. The standard InChI is InChI=1S/C17H26N4O.HI/c1-3-18-16(22)15-9-7-8-14(12-15)13-20-17(19-4-2)21-10-5-6-11-21;/h7-9,12H,3-6,10-11,13H2,1-2H3,(H,18,22)(H,19,20);1H. The Kier molecular flexibility index (Phi) is 8.98. The van der Waals surface area contributed by atoms with Crippen LogP contribution in [-0.4, -0.2) is 42.9 Å². The second-order valence-corrected chi connectivity index (χ2v) is 5.42. The van der Waals surface area contributed by atoms with Crippen LogP contribution in [0.3, 0.4) is 0 Å². The Morgan fingerprint density at radius 2 is 1.87 bits per heavy atom. The van der Waals surface area contributed by atoms with E-state index < -0.39 is 0 Å². The van der Waals surface area contributed by atoms with Crippen LogP contribution in [-0.2, 0) is 6.54 Å².